The number of likely N-dealkylation sites (N-methyl/N-ethyl adjacent to an activating group) is 1. The third kappa shape index (κ3) is 5.01. The number of hydrogen-bond acceptors (Lipinski definition) is 5. The van der Waals surface area contributed by atoms with Gasteiger partial charge in [-0.3, -0.25) is 9.88 Å². The molecule has 0 unspecified atom stereocenters. The summed E-state index contributed by atoms with van der Waals surface area (Å²) in [5.41, 5.74) is 7.03. The number of aromatic carboxylic acids is 1. The van der Waals surface area contributed by atoms with E-state index in [4.69, 9.17) is 4.74 Å². The lowest BCUT2D eigenvalue weighted by molar-refractivity contribution is 0.0697. The molecule has 1 aliphatic rings. The second-order valence-electron chi connectivity index (χ2n) is 8.59. The fraction of sp³-hybridized carbons (Fsp3) is 0.333. The van der Waals surface area contributed by atoms with Gasteiger partial charge in [-0.2, -0.15) is 0 Å². The number of nitrogens with zero attached hydrogens (tertiary/aromatic N) is 2. The molecule has 1 atom stereocenters. The Morgan fingerprint density at radius 3 is 2.85 bits per heavy atom. The summed E-state index contributed by atoms with van der Waals surface area (Å²) in [6, 6.07) is 14.7. The Bertz CT molecular complexity index is 1150. The highest BCUT2D eigenvalue weighted by atomic mass is 16.5. The van der Waals surface area contributed by atoms with Crippen LogP contribution in [-0.4, -0.2) is 47.7 Å². The van der Waals surface area contributed by atoms with Crippen molar-refractivity contribution < 1.29 is 14.6 Å². The molecule has 0 spiro atoms. The smallest absolute Gasteiger partial charge is 0.337 e. The Balaban J connectivity index is 1.56. The van der Waals surface area contributed by atoms with Gasteiger partial charge in [-0.25, -0.2) is 4.79 Å². The first-order valence-corrected chi connectivity index (χ1v) is 11.5. The number of aromatic nitrogens is 1. The molecule has 0 amide bonds. The molecule has 0 saturated heterocycles. The van der Waals surface area contributed by atoms with Crippen LogP contribution in [0.25, 0.3) is 11.1 Å². The minimum absolute atomic E-state index is 0.149. The topological polar surface area (TPSA) is 74.7 Å². The molecular formula is C27H31N3O3. The number of fused-ring (bicyclic) bond motifs is 1. The summed E-state index contributed by atoms with van der Waals surface area (Å²) < 4.78 is 5.78. The van der Waals surface area contributed by atoms with Gasteiger partial charge in [0, 0.05) is 19.3 Å². The van der Waals surface area contributed by atoms with Gasteiger partial charge in [0.15, 0.2) is 0 Å². The van der Waals surface area contributed by atoms with Gasteiger partial charge in [0.1, 0.15) is 5.75 Å². The number of ether oxygens (including phenoxy) is 1. The maximum atomic E-state index is 11.5. The van der Waals surface area contributed by atoms with E-state index in [1.807, 2.05) is 6.07 Å². The van der Waals surface area contributed by atoms with Gasteiger partial charge < -0.3 is 15.2 Å². The zero-order valence-electron chi connectivity index (χ0n) is 19.5. The van der Waals surface area contributed by atoms with Crippen LogP contribution >= 0.6 is 0 Å². The molecule has 0 fully saturated rings. The Kier molecular flexibility index (Phi) is 6.94. The van der Waals surface area contributed by atoms with Crippen molar-refractivity contribution in [3.63, 3.8) is 0 Å². The number of anilines is 1. The summed E-state index contributed by atoms with van der Waals surface area (Å²) in [5.74, 6) is -0.0385. The van der Waals surface area contributed by atoms with Crippen LogP contribution in [0.15, 0.2) is 54.9 Å². The van der Waals surface area contributed by atoms with Crippen LogP contribution in [0.3, 0.4) is 0 Å². The van der Waals surface area contributed by atoms with Crippen LogP contribution in [0, 0.1) is 6.92 Å². The number of carbonyl (C=O) groups is 1. The molecular weight excluding hydrogens is 414 g/mol. The van der Waals surface area contributed by atoms with E-state index in [1.54, 1.807) is 6.20 Å². The van der Waals surface area contributed by atoms with E-state index in [0.29, 0.717) is 12.2 Å². The van der Waals surface area contributed by atoms with Gasteiger partial charge >= 0.3 is 5.97 Å². The molecule has 3 aromatic rings. The predicted octanol–water partition coefficient (Wildman–Crippen LogP) is 5.19. The molecule has 6 nitrogen and oxygen atoms in total. The standard InChI is InChI=1S/C27H31N3O3/c1-4-13-33-21-6-8-22(18(2)14-21)19-5-7-23-20(15-19)10-12-30(3)26(23)17-29-25-16-28-11-9-24(25)27(31)32/h5-9,11,14-16,26,29H,4,10,12-13,17H2,1-3H3,(H,31,32)/t26-/m0/s1. The van der Waals surface area contributed by atoms with Crippen molar-refractivity contribution in [2.45, 2.75) is 32.7 Å². The lowest BCUT2D eigenvalue weighted by Crippen LogP contribution is -2.36. The molecule has 0 bridgehead atoms. The van der Waals surface area contributed by atoms with Gasteiger partial charge in [0.25, 0.3) is 0 Å². The summed E-state index contributed by atoms with van der Waals surface area (Å²) in [6.45, 7) is 6.52. The molecule has 33 heavy (non-hydrogen) atoms. The van der Waals surface area contributed by atoms with E-state index in [2.05, 4.69) is 66.4 Å². The van der Waals surface area contributed by atoms with Crippen molar-refractivity contribution in [1.29, 1.82) is 0 Å². The third-order valence-corrected chi connectivity index (χ3v) is 6.29. The van der Waals surface area contributed by atoms with Crippen molar-refractivity contribution in [3.8, 4) is 16.9 Å². The number of benzene rings is 2. The highest BCUT2D eigenvalue weighted by Gasteiger charge is 2.25. The quantitative estimate of drug-likeness (QED) is 0.497. The number of carboxylic acid groups (broad SMARTS) is 1. The minimum atomic E-state index is -0.955. The normalized spacial score (nSPS) is 15.7. The van der Waals surface area contributed by atoms with Crippen molar-refractivity contribution in [2.24, 2.45) is 0 Å². The van der Waals surface area contributed by atoms with E-state index in [1.165, 1.54) is 40.1 Å². The molecule has 2 N–H and O–H groups in total. The number of nitrogens with one attached hydrogen (secondary N) is 1. The minimum Gasteiger partial charge on any atom is -0.494 e. The molecule has 2 aromatic carbocycles. The highest BCUT2D eigenvalue weighted by Crippen LogP contribution is 2.34. The fourth-order valence-corrected chi connectivity index (χ4v) is 4.47. The molecule has 0 aliphatic carbocycles. The largest absolute Gasteiger partial charge is 0.494 e. The van der Waals surface area contributed by atoms with E-state index in [0.717, 1.165) is 31.7 Å². The molecule has 172 valence electrons. The number of aryl methyl sites for hydroxylation is 1. The maximum absolute atomic E-state index is 11.5. The summed E-state index contributed by atoms with van der Waals surface area (Å²) in [4.78, 5) is 17.9. The Morgan fingerprint density at radius 1 is 1.24 bits per heavy atom. The van der Waals surface area contributed by atoms with Crippen molar-refractivity contribution in [1.82, 2.24) is 9.88 Å². The van der Waals surface area contributed by atoms with Gasteiger partial charge in [0.2, 0.25) is 0 Å². The summed E-state index contributed by atoms with van der Waals surface area (Å²) >= 11 is 0. The second kappa shape index (κ2) is 10.0. The third-order valence-electron chi connectivity index (χ3n) is 6.29. The van der Waals surface area contributed by atoms with E-state index in [9.17, 15) is 9.90 Å². The van der Waals surface area contributed by atoms with Gasteiger partial charge in [-0.15, -0.1) is 0 Å². The average Bonchev–Trinajstić information content (AvgIpc) is 2.82. The van der Waals surface area contributed by atoms with Gasteiger partial charge in [-0.1, -0.05) is 31.2 Å². The lowest BCUT2D eigenvalue weighted by Gasteiger charge is -2.35. The number of pyridine rings is 1. The first-order chi connectivity index (χ1) is 16.0. The van der Waals surface area contributed by atoms with E-state index >= 15 is 0 Å². The molecule has 6 heteroatoms. The zero-order valence-corrected chi connectivity index (χ0v) is 19.5. The van der Waals surface area contributed by atoms with Crippen LogP contribution in [0.4, 0.5) is 5.69 Å². The molecule has 4 rings (SSSR count). The Hall–Kier alpha value is -3.38. The van der Waals surface area contributed by atoms with Gasteiger partial charge in [0.05, 0.1) is 30.1 Å². The molecule has 1 aliphatic heterocycles. The maximum Gasteiger partial charge on any atom is 0.337 e. The average molecular weight is 446 g/mol. The second-order valence-corrected chi connectivity index (χ2v) is 8.59. The van der Waals surface area contributed by atoms with Crippen LogP contribution in [0.2, 0.25) is 0 Å². The van der Waals surface area contributed by atoms with Gasteiger partial charge in [-0.05, 0) is 72.8 Å². The number of rotatable bonds is 8. The summed E-state index contributed by atoms with van der Waals surface area (Å²) in [5, 5.41) is 12.8. The lowest BCUT2D eigenvalue weighted by atomic mass is 9.89. The zero-order chi connectivity index (χ0) is 23.4. The highest BCUT2D eigenvalue weighted by molar-refractivity contribution is 5.93. The van der Waals surface area contributed by atoms with E-state index < -0.39 is 5.97 Å². The Morgan fingerprint density at radius 2 is 2.09 bits per heavy atom. The van der Waals surface area contributed by atoms with Crippen LogP contribution in [0.1, 0.15) is 46.4 Å². The predicted molar refractivity (Wildman–Crippen MR) is 131 cm³/mol. The summed E-state index contributed by atoms with van der Waals surface area (Å²) in [6.07, 6.45) is 5.06. The van der Waals surface area contributed by atoms with Crippen LogP contribution in [0.5, 0.6) is 5.75 Å². The fourth-order valence-electron chi connectivity index (χ4n) is 4.47. The number of hydrogen-bond donors (Lipinski definition) is 2. The van der Waals surface area contributed by atoms with E-state index in [-0.39, 0.29) is 11.6 Å². The van der Waals surface area contributed by atoms with Crippen molar-refractivity contribution in [2.75, 3.05) is 32.1 Å². The molecule has 2 heterocycles. The first-order valence-electron chi connectivity index (χ1n) is 11.5. The van der Waals surface area contributed by atoms with Crippen LogP contribution < -0.4 is 10.1 Å². The molecule has 0 saturated carbocycles. The monoisotopic (exact) mass is 445 g/mol. The Labute approximate surface area is 195 Å². The van der Waals surface area contributed by atoms with Crippen molar-refractivity contribution in [3.05, 3.63) is 77.1 Å². The first kappa shape index (κ1) is 22.8. The molecule has 1 aromatic heterocycles. The van der Waals surface area contributed by atoms with Crippen LogP contribution in [-0.2, 0) is 6.42 Å². The van der Waals surface area contributed by atoms with Crippen molar-refractivity contribution >= 4 is 11.7 Å². The summed E-state index contributed by atoms with van der Waals surface area (Å²) in [7, 11) is 2.11. The SMILES string of the molecule is CCCOc1ccc(-c2ccc3c(c2)CCN(C)[C@H]3CNc2cnccc2C(=O)O)c(C)c1. The number of carboxylic acids is 1. The molecule has 0 radical (unpaired) electrons.